The number of nitrogens with zero attached hydrogens (tertiary/aromatic N) is 2. The summed E-state index contributed by atoms with van der Waals surface area (Å²) in [5.41, 5.74) is 3.07. The molecule has 8 heteroatoms. The van der Waals surface area contributed by atoms with Crippen molar-refractivity contribution in [3.8, 4) is 0 Å². The number of carboxylic acid groups (broad SMARTS) is 2. The third-order valence-electron chi connectivity index (χ3n) is 3.04. The molecule has 138 valence electrons. The van der Waals surface area contributed by atoms with E-state index in [4.69, 9.17) is 43.0 Å². The monoisotopic (exact) mass is 396 g/mol. The van der Waals surface area contributed by atoms with E-state index in [1.54, 1.807) is 12.3 Å². The Kier molecular flexibility index (Phi) is 8.78. The molecule has 0 saturated heterocycles. The van der Waals surface area contributed by atoms with Crippen molar-refractivity contribution in [2.24, 2.45) is 0 Å². The number of rotatable bonds is 4. The van der Waals surface area contributed by atoms with Gasteiger partial charge in [0.05, 0.1) is 0 Å². The predicted octanol–water partition coefficient (Wildman–Crippen LogP) is 3.54. The Bertz CT molecular complexity index is 781. The highest BCUT2D eigenvalue weighted by atomic mass is 35.5. The Balaban J connectivity index is 0.000000487. The van der Waals surface area contributed by atoms with Crippen LogP contribution in [0.1, 0.15) is 11.1 Å². The second-order valence-corrected chi connectivity index (χ2v) is 6.20. The highest BCUT2D eigenvalue weighted by molar-refractivity contribution is 6.35. The second kappa shape index (κ2) is 10.6. The molecule has 2 rings (SSSR count). The number of halogens is 2. The van der Waals surface area contributed by atoms with Crippen LogP contribution >= 0.6 is 23.2 Å². The fourth-order valence-corrected chi connectivity index (χ4v) is 2.40. The van der Waals surface area contributed by atoms with Gasteiger partial charge in [-0.25, -0.2) is 9.59 Å². The summed E-state index contributed by atoms with van der Waals surface area (Å²) in [6.45, 7) is 0.823. The van der Waals surface area contributed by atoms with Crippen molar-refractivity contribution in [1.29, 1.82) is 0 Å². The second-order valence-electron chi connectivity index (χ2n) is 5.36. The maximum Gasteiger partial charge on any atom is 0.414 e. The van der Waals surface area contributed by atoms with Crippen LogP contribution in [0.5, 0.6) is 0 Å². The van der Waals surface area contributed by atoms with Crippen LogP contribution in [0.25, 0.3) is 5.57 Å². The SMILES string of the molecule is CN(C)C/C=C(\c1cccnc1)c1ccc(Cl)cc1Cl.O=C(O)C(=O)O. The molecule has 0 aliphatic rings. The average Bonchev–Trinajstić information content (AvgIpc) is 2.58. The van der Waals surface area contributed by atoms with E-state index in [9.17, 15) is 0 Å². The first kappa shape index (κ1) is 21.6. The van der Waals surface area contributed by atoms with Crippen LogP contribution in [0, 0.1) is 0 Å². The molecule has 0 aliphatic carbocycles. The van der Waals surface area contributed by atoms with Crippen molar-refractivity contribution in [2.45, 2.75) is 0 Å². The molecule has 1 aromatic heterocycles. The number of aromatic nitrogens is 1. The Morgan fingerprint density at radius 3 is 2.27 bits per heavy atom. The lowest BCUT2D eigenvalue weighted by Gasteiger charge is -2.13. The number of hydrogen-bond acceptors (Lipinski definition) is 4. The van der Waals surface area contributed by atoms with Gasteiger partial charge in [-0.3, -0.25) is 4.98 Å². The maximum atomic E-state index is 9.10. The minimum absolute atomic E-state index is 0.636. The smallest absolute Gasteiger partial charge is 0.414 e. The van der Waals surface area contributed by atoms with Crippen LogP contribution in [0.15, 0.2) is 48.8 Å². The Hall–Kier alpha value is -2.41. The van der Waals surface area contributed by atoms with Gasteiger partial charge in [0, 0.05) is 40.1 Å². The Morgan fingerprint density at radius 2 is 1.81 bits per heavy atom. The maximum absolute atomic E-state index is 9.10. The zero-order chi connectivity index (χ0) is 19.7. The molecular formula is C18H18Cl2N2O4. The number of benzene rings is 1. The van der Waals surface area contributed by atoms with Crippen molar-refractivity contribution in [3.05, 3.63) is 70.0 Å². The third-order valence-corrected chi connectivity index (χ3v) is 3.59. The number of carbonyl (C=O) groups is 2. The highest BCUT2D eigenvalue weighted by Gasteiger charge is 2.10. The van der Waals surface area contributed by atoms with Crippen LogP contribution in [0.2, 0.25) is 10.0 Å². The Labute approximate surface area is 161 Å². The van der Waals surface area contributed by atoms with Gasteiger partial charge in [-0.15, -0.1) is 0 Å². The topological polar surface area (TPSA) is 90.7 Å². The zero-order valence-electron chi connectivity index (χ0n) is 14.2. The minimum Gasteiger partial charge on any atom is -0.473 e. The molecule has 0 fully saturated rings. The lowest BCUT2D eigenvalue weighted by molar-refractivity contribution is -0.159. The summed E-state index contributed by atoms with van der Waals surface area (Å²) in [6.07, 6.45) is 5.75. The van der Waals surface area contributed by atoms with Gasteiger partial charge in [-0.05, 0) is 37.9 Å². The highest BCUT2D eigenvalue weighted by Crippen LogP contribution is 2.31. The number of likely N-dealkylation sites (N-methyl/N-ethyl adjacent to an activating group) is 1. The van der Waals surface area contributed by atoms with Crippen molar-refractivity contribution >= 4 is 40.7 Å². The minimum atomic E-state index is -1.82. The van der Waals surface area contributed by atoms with E-state index in [1.165, 1.54) is 0 Å². The molecular weight excluding hydrogens is 379 g/mol. The lowest BCUT2D eigenvalue weighted by Crippen LogP contribution is -2.11. The molecule has 0 atom stereocenters. The standard InChI is InChI=1S/C16H16Cl2N2.C2H2O4/c1-20(2)9-7-14(12-4-3-8-19-11-12)15-6-5-13(17)10-16(15)18;3-1(4)2(5)6/h3-8,10-11H,9H2,1-2H3;(H,3,4)(H,5,6)/b14-7+;. The van der Waals surface area contributed by atoms with Crippen LogP contribution in [-0.2, 0) is 9.59 Å². The van der Waals surface area contributed by atoms with Crippen molar-refractivity contribution in [1.82, 2.24) is 9.88 Å². The van der Waals surface area contributed by atoms with E-state index in [2.05, 4.69) is 16.0 Å². The van der Waals surface area contributed by atoms with Crippen molar-refractivity contribution in [3.63, 3.8) is 0 Å². The molecule has 26 heavy (non-hydrogen) atoms. The van der Waals surface area contributed by atoms with Crippen molar-refractivity contribution < 1.29 is 19.8 Å². The summed E-state index contributed by atoms with van der Waals surface area (Å²) < 4.78 is 0. The van der Waals surface area contributed by atoms with Gasteiger partial charge in [0.15, 0.2) is 0 Å². The molecule has 0 radical (unpaired) electrons. The third kappa shape index (κ3) is 7.23. The van der Waals surface area contributed by atoms with Gasteiger partial charge in [0.2, 0.25) is 0 Å². The molecule has 0 bridgehead atoms. The first-order chi connectivity index (χ1) is 12.2. The van der Waals surface area contributed by atoms with Gasteiger partial charge in [-0.1, -0.05) is 41.4 Å². The predicted molar refractivity (Wildman–Crippen MR) is 102 cm³/mol. The fraction of sp³-hybridized carbons (Fsp3) is 0.167. The quantitative estimate of drug-likeness (QED) is 0.767. The molecule has 6 nitrogen and oxygen atoms in total. The molecule has 0 spiro atoms. The Morgan fingerprint density at radius 1 is 1.15 bits per heavy atom. The summed E-state index contributed by atoms with van der Waals surface area (Å²) in [7, 11) is 4.06. The van der Waals surface area contributed by atoms with Crippen LogP contribution < -0.4 is 0 Å². The van der Waals surface area contributed by atoms with Gasteiger partial charge in [0.1, 0.15) is 0 Å². The molecule has 1 heterocycles. The average molecular weight is 397 g/mol. The van der Waals surface area contributed by atoms with E-state index in [0.717, 1.165) is 23.2 Å². The van der Waals surface area contributed by atoms with Gasteiger partial charge < -0.3 is 15.1 Å². The van der Waals surface area contributed by atoms with E-state index < -0.39 is 11.9 Å². The van der Waals surface area contributed by atoms with E-state index in [0.29, 0.717) is 10.0 Å². The van der Waals surface area contributed by atoms with Crippen molar-refractivity contribution in [2.75, 3.05) is 20.6 Å². The lowest BCUT2D eigenvalue weighted by atomic mass is 9.99. The summed E-state index contributed by atoms with van der Waals surface area (Å²) in [6, 6.07) is 9.50. The first-order valence-corrected chi connectivity index (χ1v) is 8.15. The van der Waals surface area contributed by atoms with E-state index >= 15 is 0 Å². The van der Waals surface area contributed by atoms with E-state index in [1.807, 2.05) is 44.6 Å². The number of pyridine rings is 1. The summed E-state index contributed by atoms with van der Waals surface area (Å²) in [5, 5.41) is 16.1. The van der Waals surface area contributed by atoms with Crippen LogP contribution in [0.3, 0.4) is 0 Å². The van der Waals surface area contributed by atoms with Gasteiger partial charge in [-0.2, -0.15) is 0 Å². The molecule has 0 saturated carbocycles. The molecule has 0 amide bonds. The molecule has 0 aliphatic heterocycles. The number of carboxylic acids is 2. The molecule has 2 N–H and O–H groups in total. The number of hydrogen-bond donors (Lipinski definition) is 2. The van der Waals surface area contributed by atoms with Gasteiger partial charge >= 0.3 is 11.9 Å². The normalized spacial score (nSPS) is 10.9. The first-order valence-electron chi connectivity index (χ1n) is 7.39. The zero-order valence-corrected chi connectivity index (χ0v) is 15.7. The summed E-state index contributed by atoms with van der Waals surface area (Å²) in [5.74, 6) is -3.65. The molecule has 1 aromatic carbocycles. The molecule has 0 unspecified atom stereocenters. The largest absolute Gasteiger partial charge is 0.473 e. The van der Waals surface area contributed by atoms with Crippen LogP contribution in [-0.4, -0.2) is 52.7 Å². The number of aliphatic carboxylic acids is 2. The van der Waals surface area contributed by atoms with E-state index in [-0.39, 0.29) is 0 Å². The van der Waals surface area contributed by atoms with Crippen LogP contribution in [0.4, 0.5) is 0 Å². The summed E-state index contributed by atoms with van der Waals surface area (Å²) >= 11 is 12.3. The van der Waals surface area contributed by atoms with Gasteiger partial charge in [0.25, 0.3) is 0 Å². The molecule has 2 aromatic rings. The summed E-state index contributed by atoms with van der Waals surface area (Å²) in [4.78, 5) is 24.5. The fourth-order valence-electron chi connectivity index (χ4n) is 1.89.